The molecule has 1 aromatic carbocycles. The van der Waals surface area contributed by atoms with E-state index in [2.05, 4.69) is 22.6 Å². The van der Waals surface area contributed by atoms with Gasteiger partial charge in [-0.05, 0) is 59.7 Å². The van der Waals surface area contributed by atoms with E-state index in [-0.39, 0.29) is 5.78 Å². The number of benzene rings is 1. The number of rotatable bonds is 2. The molecule has 0 spiro atoms. The molecule has 0 radical (unpaired) electrons. The Morgan fingerprint density at radius 3 is 2.15 bits per heavy atom. The van der Waals surface area contributed by atoms with Crippen molar-refractivity contribution in [3.63, 3.8) is 0 Å². The molecule has 70 valence electrons. The molecule has 0 atom stereocenters. The van der Waals surface area contributed by atoms with Crippen LogP contribution < -0.4 is 0 Å². The summed E-state index contributed by atoms with van der Waals surface area (Å²) in [6, 6.07) is 3.95. The van der Waals surface area contributed by atoms with Crippen LogP contribution in [0, 0.1) is 17.4 Å². The molecule has 0 aliphatic carbocycles. The van der Waals surface area contributed by atoms with Gasteiger partial charge in [0.05, 0.1) is 0 Å². The Bertz CT molecular complexity index is 319. The van der Waals surface area contributed by atoms with Crippen LogP contribution in [-0.4, -0.2) is 5.78 Å². The zero-order valence-electron chi connectivity index (χ0n) is 8.15. The Kier molecular flexibility index (Phi) is 3.47. The number of ketones is 1. The second-order valence-corrected chi connectivity index (χ2v) is 4.28. The van der Waals surface area contributed by atoms with Gasteiger partial charge in [0.15, 0.2) is 5.78 Å². The van der Waals surface area contributed by atoms with Crippen molar-refractivity contribution in [3.05, 3.63) is 32.4 Å². The summed E-state index contributed by atoms with van der Waals surface area (Å²) >= 11 is 2.31. The monoisotopic (exact) mass is 288 g/mol. The number of carbonyl (C=O) groups is 1. The first-order valence-electron chi connectivity index (χ1n) is 4.36. The number of carbonyl (C=O) groups excluding carboxylic acids is 1. The molecule has 1 nitrogen and oxygen atoms in total. The zero-order chi connectivity index (χ0) is 10.0. The molecule has 0 N–H and O–H groups in total. The largest absolute Gasteiger partial charge is 0.294 e. The number of Topliss-reactive ketones (excluding diaryl/α,β-unsaturated/α-hetero) is 1. The van der Waals surface area contributed by atoms with E-state index < -0.39 is 0 Å². The SMILES string of the molecule is CCC(=O)c1cc(C)c(I)c(C)c1. The van der Waals surface area contributed by atoms with E-state index in [1.54, 1.807) is 0 Å². The maximum absolute atomic E-state index is 11.4. The first kappa shape index (κ1) is 10.7. The summed E-state index contributed by atoms with van der Waals surface area (Å²) in [5.74, 6) is 0.225. The molecular formula is C11H13IO. The van der Waals surface area contributed by atoms with Crippen LogP contribution in [-0.2, 0) is 0 Å². The number of hydrogen-bond donors (Lipinski definition) is 0. The van der Waals surface area contributed by atoms with Gasteiger partial charge in [0, 0.05) is 15.6 Å². The van der Waals surface area contributed by atoms with Gasteiger partial charge in [-0.25, -0.2) is 0 Å². The third-order valence-corrected chi connectivity index (χ3v) is 3.78. The molecule has 0 fully saturated rings. The van der Waals surface area contributed by atoms with E-state index in [0.717, 1.165) is 5.56 Å². The van der Waals surface area contributed by atoms with Crippen molar-refractivity contribution in [1.29, 1.82) is 0 Å². The lowest BCUT2D eigenvalue weighted by molar-refractivity contribution is 0.0988. The van der Waals surface area contributed by atoms with Gasteiger partial charge in [-0.3, -0.25) is 4.79 Å². The Hall–Kier alpha value is -0.380. The van der Waals surface area contributed by atoms with Crippen LogP contribution in [0.25, 0.3) is 0 Å². The third-order valence-electron chi connectivity index (χ3n) is 2.08. The molecule has 0 aromatic heterocycles. The summed E-state index contributed by atoms with van der Waals surface area (Å²) < 4.78 is 1.25. The van der Waals surface area contributed by atoms with Crippen LogP contribution in [0.2, 0.25) is 0 Å². The highest BCUT2D eigenvalue weighted by Crippen LogP contribution is 2.19. The van der Waals surface area contributed by atoms with Gasteiger partial charge in [0.1, 0.15) is 0 Å². The lowest BCUT2D eigenvalue weighted by Crippen LogP contribution is -1.99. The molecular weight excluding hydrogens is 275 g/mol. The number of halogens is 1. The maximum atomic E-state index is 11.4. The van der Waals surface area contributed by atoms with Gasteiger partial charge >= 0.3 is 0 Å². The Morgan fingerprint density at radius 1 is 1.31 bits per heavy atom. The van der Waals surface area contributed by atoms with Crippen LogP contribution in [0.5, 0.6) is 0 Å². The fourth-order valence-corrected chi connectivity index (χ4v) is 1.62. The molecule has 0 aliphatic rings. The van der Waals surface area contributed by atoms with Crippen molar-refractivity contribution in [2.24, 2.45) is 0 Å². The van der Waals surface area contributed by atoms with Crippen LogP contribution >= 0.6 is 22.6 Å². The van der Waals surface area contributed by atoms with Crippen molar-refractivity contribution >= 4 is 28.4 Å². The average molecular weight is 288 g/mol. The molecule has 13 heavy (non-hydrogen) atoms. The summed E-state index contributed by atoms with van der Waals surface area (Å²) in [5.41, 5.74) is 3.23. The second-order valence-electron chi connectivity index (χ2n) is 3.20. The predicted octanol–water partition coefficient (Wildman–Crippen LogP) is 3.50. The van der Waals surface area contributed by atoms with E-state index in [0.29, 0.717) is 6.42 Å². The predicted molar refractivity (Wildman–Crippen MR) is 63.3 cm³/mol. The van der Waals surface area contributed by atoms with Crippen LogP contribution in [0.3, 0.4) is 0 Å². The third kappa shape index (κ3) is 2.30. The van der Waals surface area contributed by atoms with Crippen LogP contribution in [0.15, 0.2) is 12.1 Å². The molecule has 0 bridgehead atoms. The van der Waals surface area contributed by atoms with Crippen molar-refractivity contribution in [3.8, 4) is 0 Å². The quantitative estimate of drug-likeness (QED) is 0.601. The van der Waals surface area contributed by atoms with Gasteiger partial charge in [-0.1, -0.05) is 6.92 Å². The van der Waals surface area contributed by atoms with Gasteiger partial charge < -0.3 is 0 Å². The van der Waals surface area contributed by atoms with Gasteiger partial charge in [0.2, 0.25) is 0 Å². The van der Waals surface area contributed by atoms with E-state index in [1.807, 2.05) is 32.9 Å². The van der Waals surface area contributed by atoms with E-state index in [9.17, 15) is 4.79 Å². The molecule has 2 heteroatoms. The molecule has 0 aliphatic heterocycles. The highest BCUT2D eigenvalue weighted by atomic mass is 127. The topological polar surface area (TPSA) is 17.1 Å². The first-order valence-corrected chi connectivity index (χ1v) is 5.44. The summed E-state index contributed by atoms with van der Waals surface area (Å²) in [5, 5.41) is 0. The normalized spacial score (nSPS) is 10.2. The summed E-state index contributed by atoms with van der Waals surface area (Å²) in [4.78, 5) is 11.4. The Morgan fingerprint density at radius 2 is 1.77 bits per heavy atom. The minimum absolute atomic E-state index is 0.225. The average Bonchev–Trinajstić information content (AvgIpc) is 2.12. The van der Waals surface area contributed by atoms with E-state index >= 15 is 0 Å². The summed E-state index contributed by atoms with van der Waals surface area (Å²) in [6.07, 6.45) is 0.583. The van der Waals surface area contributed by atoms with E-state index in [1.165, 1.54) is 14.7 Å². The second kappa shape index (κ2) is 4.22. The minimum atomic E-state index is 0.225. The molecule has 0 saturated heterocycles. The highest BCUT2D eigenvalue weighted by Gasteiger charge is 2.06. The molecule has 1 aromatic rings. The number of aryl methyl sites for hydroxylation is 2. The molecule has 1 rings (SSSR count). The van der Waals surface area contributed by atoms with E-state index in [4.69, 9.17) is 0 Å². The van der Waals surface area contributed by atoms with Gasteiger partial charge in [-0.15, -0.1) is 0 Å². The number of hydrogen-bond acceptors (Lipinski definition) is 1. The smallest absolute Gasteiger partial charge is 0.162 e. The maximum Gasteiger partial charge on any atom is 0.162 e. The molecule has 0 heterocycles. The molecule has 0 unspecified atom stereocenters. The summed E-state index contributed by atoms with van der Waals surface area (Å²) in [6.45, 7) is 5.98. The van der Waals surface area contributed by atoms with Crippen LogP contribution in [0.1, 0.15) is 34.8 Å². The van der Waals surface area contributed by atoms with Crippen molar-refractivity contribution in [1.82, 2.24) is 0 Å². The van der Waals surface area contributed by atoms with Crippen LogP contribution in [0.4, 0.5) is 0 Å². The Labute approximate surface area is 92.7 Å². The minimum Gasteiger partial charge on any atom is -0.294 e. The van der Waals surface area contributed by atoms with Gasteiger partial charge in [0.25, 0.3) is 0 Å². The fourth-order valence-electron chi connectivity index (χ4n) is 1.31. The molecule has 0 saturated carbocycles. The lowest BCUT2D eigenvalue weighted by Gasteiger charge is -2.05. The van der Waals surface area contributed by atoms with Crippen molar-refractivity contribution in [2.45, 2.75) is 27.2 Å². The van der Waals surface area contributed by atoms with Gasteiger partial charge in [-0.2, -0.15) is 0 Å². The lowest BCUT2D eigenvalue weighted by atomic mass is 10.0. The van der Waals surface area contributed by atoms with Crippen molar-refractivity contribution in [2.75, 3.05) is 0 Å². The highest BCUT2D eigenvalue weighted by molar-refractivity contribution is 14.1. The fraction of sp³-hybridized carbons (Fsp3) is 0.364. The Balaban J connectivity index is 3.20. The summed E-state index contributed by atoms with van der Waals surface area (Å²) in [7, 11) is 0. The van der Waals surface area contributed by atoms with Crippen molar-refractivity contribution < 1.29 is 4.79 Å². The standard InChI is InChI=1S/C11H13IO/c1-4-10(13)9-5-7(2)11(12)8(3)6-9/h5-6H,4H2,1-3H3. The molecule has 0 amide bonds. The first-order chi connectivity index (χ1) is 6.06. The zero-order valence-corrected chi connectivity index (χ0v) is 10.3.